The Labute approximate surface area is 174 Å². The maximum Gasteiger partial charge on any atom is 0.263 e. The standard InChI is InChI=1S/C17H22ClN3O4S3/c1-12-15(18)8-5-9-16(12)28(24,25)21-17-19-14(10-26-17)11-27(22,23)20-13-6-3-2-4-7-13/h5,8-10,13,20H,2-4,6-7,11H2,1H3,(H,19,21). The maximum atomic E-state index is 12.6. The van der Waals surface area contributed by atoms with E-state index in [1.807, 2.05) is 0 Å². The lowest BCUT2D eigenvalue weighted by Crippen LogP contribution is -2.36. The molecule has 0 bridgehead atoms. The second kappa shape index (κ2) is 8.66. The van der Waals surface area contributed by atoms with Crippen molar-refractivity contribution < 1.29 is 16.8 Å². The van der Waals surface area contributed by atoms with Crippen LogP contribution in [0.25, 0.3) is 0 Å². The number of halogens is 1. The molecule has 1 heterocycles. The van der Waals surface area contributed by atoms with Crippen LogP contribution in [0, 0.1) is 6.92 Å². The average molecular weight is 464 g/mol. The van der Waals surface area contributed by atoms with Gasteiger partial charge in [0.1, 0.15) is 5.75 Å². The van der Waals surface area contributed by atoms with Gasteiger partial charge in [-0.1, -0.05) is 36.9 Å². The summed E-state index contributed by atoms with van der Waals surface area (Å²) < 4.78 is 55.0. The lowest BCUT2D eigenvalue weighted by Gasteiger charge is -2.22. The molecule has 1 fully saturated rings. The van der Waals surface area contributed by atoms with Gasteiger partial charge in [-0.25, -0.2) is 26.5 Å². The van der Waals surface area contributed by atoms with Crippen molar-refractivity contribution in [2.75, 3.05) is 4.72 Å². The first-order valence-corrected chi connectivity index (χ1v) is 13.3. The molecule has 2 aromatic rings. The van der Waals surface area contributed by atoms with Gasteiger partial charge < -0.3 is 0 Å². The predicted molar refractivity (Wildman–Crippen MR) is 112 cm³/mol. The molecule has 1 aliphatic carbocycles. The third-order valence-electron chi connectivity index (χ3n) is 4.57. The molecular weight excluding hydrogens is 442 g/mol. The largest absolute Gasteiger partial charge is 0.263 e. The van der Waals surface area contributed by atoms with E-state index in [-0.39, 0.29) is 21.8 Å². The van der Waals surface area contributed by atoms with Gasteiger partial charge in [-0.3, -0.25) is 4.72 Å². The van der Waals surface area contributed by atoms with Gasteiger partial charge in [-0.15, -0.1) is 11.3 Å². The number of nitrogens with one attached hydrogen (secondary N) is 2. The first kappa shape index (κ1) is 21.5. The van der Waals surface area contributed by atoms with Gasteiger partial charge in [0.2, 0.25) is 10.0 Å². The van der Waals surface area contributed by atoms with Gasteiger partial charge >= 0.3 is 0 Å². The molecule has 7 nitrogen and oxygen atoms in total. The fourth-order valence-corrected chi connectivity index (χ4v) is 7.11. The summed E-state index contributed by atoms with van der Waals surface area (Å²) in [4.78, 5) is 4.19. The van der Waals surface area contributed by atoms with Crippen molar-refractivity contribution >= 4 is 48.1 Å². The molecule has 1 saturated carbocycles. The zero-order valence-electron chi connectivity index (χ0n) is 15.3. The summed E-state index contributed by atoms with van der Waals surface area (Å²) in [6.07, 6.45) is 4.89. The van der Waals surface area contributed by atoms with Crippen molar-refractivity contribution in [1.82, 2.24) is 9.71 Å². The topological polar surface area (TPSA) is 105 Å². The molecule has 0 saturated heterocycles. The quantitative estimate of drug-likeness (QED) is 0.651. The number of hydrogen-bond donors (Lipinski definition) is 2. The van der Waals surface area contributed by atoms with Crippen LogP contribution in [0.15, 0.2) is 28.5 Å². The summed E-state index contributed by atoms with van der Waals surface area (Å²) in [5, 5.41) is 2.01. The summed E-state index contributed by atoms with van der Waals surface area (Å²) in [6.45, 7) is 1.62. The second-order valence-corrected chi connectivity index (χ2v) is 11.5. The van der Waals surface area contributed by atoms with E-state index in [4.69, 9.17) is 11.6 Å². The maximum absolute atomic E-state index is 12.6. The van der Waals surface area contributed by atoms with Crippen molar-refractivity contribution in [3.8, 4) is 0 Å². The molecule has 11 heteroatoms. The minimum atomic E-state index is -3.87. The molecule has 2 N–H and O–H groups in total. The van der Waals surface area contributed by atoms with Crippen molar-refractivity contribution in [2.45, 2.75) is 55.7 Å². The molecule has 3 rings (SSSR count). The van der Waals surface area contributed by atoms with Crippen LogP contribution in [0.4, 0.5) is 5.13 Å². The van der Waals surface area contributed by atoms with Gasteiger partial charge in [-0.05, 0) is 37.5 Å². The highest BCUT2D eigenvalue weighted by Crippen LogP contribution is 2.26. The van der Waals surface area contributed by atoms with Crippen LogP contribution in [0.2, 0.25) is 5.02 Å². The minimum Gasteiger partial charge on any atom is -0.255 e. The molecule has 0 spiro atoms. The van der Waals surface area contributed by atoms with E-state index in [9.17, 15) is 16.8 Å². The van der Waals surface area contributed by atoms with E-state index in [2.05, 4.69) is 14.4 Å². The van der Waals surface area contributed by atoms with Gasteiger partial charge in [-0.2, -0.15) is 0 Å². The number of sulfonamides is 2. The monoisotopic (exact) mass is 463 g/mol. The molecule has 1 aromatic carbocycles. The van der Waals surface area contributed by atoms with Crippen LogP contribution in [0.5, 0.6) is 0 Å². The minimum absolute atomic E-state index is 0.0267. The molecule has 0 aliphatic heterocycles. The van der Waals surface area contributed by atoms with Crippen LogP contribution in [0.3, 0.4) is 0 Å². The number of thiazole rings is 1. The number of rotatable bonds is 7. The second-order valence-electron chi connectivity index (χ2n) is 6.82. The Balaban J connectivity index is 1.69. The van der Waals surface area contributed by atoms with Crippen molar-refractivity contribution in [1.29, 1.82) is 0 Å². The van der Waals surface area contributed by atoms with Crippen LogP contribution < -0.4 is 9.44 Å². The molecule has 0 amide bonds. The number of anilines is 1. The summed E-state index contributed by atoms with van der Waals surface area (Å²) >= 11 is 7.04. The highest BCUT2D eigenvalue weighted by molar-refractivity contribution is 7.93. The zero-order chi connectivity index (χ0) is 20.4. The molecule has 0 atom stereocenters. The average Bonchev–Trinajstić information content (AvgIpc) is 3.02. The number of hydrogen-bond acceptors (Lipinski definition) is 6. The highest BCUT2D eigenvalue weighted by Gasteiger charge is 2.23. The third kappa shape index (κ3) is 5.44. The van der Waals surface area contributed by atoms with E-state index in [0.29, 0.717) is 16.3 Å². The molecule has 0 radical (unpaired) electrons. The number of nitrogens with zero attached hydrogens (tertiary/aromatic N) is 1. The van der Waals surface area contributed by atoms with Crippen LogP contribution in [0.1, 0.15) is 43.4 Å². The number of benzene rings is 1. The summed E-state index contributed by atoms with van der Waals surface area (Å²) in [6, 6.07) is 4.60. The van der Waals surface area contributed by atoms with Crippen molar-refractivity contribution in [3.05, 3.63) is 39.9 Å². The summed E-state index contributed by atoms with van der Waals surface area (Å²) in [5.74, 6) is -0.280. The molecule has 154 valence electrons. The van der Waals surface area contributed by atoms with Crippen LogP contribution >= 0.6 is 22.9 Å². The number of aromatic nitrogens is 1. The molecular formula is C17H22ClN3O4S3. The fourth-order valence-electron chi connectivity index (χ4n) is 3.18. The van der Waals surface area contributed by atoms with Gasteiger partial charge in [0.15, 0.2) is 5.13 Å². The third-order valence-corrected chi connectivity index (χ3v) is 8.77. The predicted octanol–water partition coefficient (Wildman–Crippen LogP) is 3.66. The molecule has 28 heavy (non-hydrogen) atoms. The van der Waals surface area contributed by atoms with Crippen LogP contribution in [-0.2, 0) is 25.8 Å². The van der Waals surface area contributed by atoms with E-state index in [1.54, 1.807) is 24.4 Å². The van der Waals surface area contributed by atoms with E-state index in [1.165, 1.54) is 6.07 Å². The first-order valence-electron chi connectivity index (χ1n) is 8.89. The van der Waals surface area contributed by atoms with Crippen molar-refractivity contribution in [2.24, 2.45) is 0 Å². The SMILES string of the molecule is Cc1c(Cl)cccc1S(=O)(=O)Nc1nc(CS(=O)(=O)NC2CCCCC2)cs1. The normalized spacial score (nSPS) is 16.2. The summed E-state index contributed by atoms with van der Waals surface area (Å²) in [5.41, 5.74) is 0.738. The van der Waals surface area contributed by atoms with E-state index < -0.39 is 20.0 Å². The van der Waals surface area contributed by atoms with Gasteiger partial charge in [0.05, 0.1) is 10.6 Å². The van der Waals surface area contributed by atoms with Crippen molar-refractivity contribution in [3.63, 3.8) is 0 Å². The Morgan fingerprint density at radius 1 is 1.18 bits per heavy atom. The Morgan fingerprint density at radius 3 is 2.61 bits per heavy atom. The Morgan fingerprint density at radius 2 is 1.89 bits per heavy atom. The van der Waals surface area contributed by atoms with Gasteiger partial charge in [0.25, 0.3) is 10.0 Å². The first-order chi connectivity index (χ1) is 13.2. The summed E-state index contributed by atoms with van der Waals surface area (Å²) in [7, 11) is -7.40. The molecule has 1 aromatic heterocycles. The van der Waals surface area contributed by atoms with Crippen LogP contribution in [-0.4, -0.2) is 27.9 Å². The van der Waals surface area contributed by atoms with E-state index >= 15 is 0 Å². The lowest BCUT2D eigenvalue weighted by atomic mass is 9.96. The Hall–Kier alpha value is -1.20. The fraction of sp³-hybridized carbons (Fsp3) is 0.471. The van der Waals surface area contributed by atoms with E-state index in [0.717, 1.165) is 43.4 Å². The lowest BCUT2D eigenvalue weighted by molar-refractivity contribution is 0.412. The Kier molecular flexibility index (Phi) is 6.65. The molecule has 1 aliphatic rings. The zero-order valence-corrected chi connectivity index (χ0v) is 18.5. The smallest absolute Gasteiger partial charge is 0.255 e. The molecule has 0 unspecified atom stereocenters. The highest BCUT2D eigenvalue weighted by atomic mass is 35.5. The Bertz CT molecular complexity index is 1050. The van der Waals surface area contributed by atoms with Gasteiger partial charge in [0, 0.05) is 16.4 Å².